The van der Waals surface area contributed by atoms with Crippen molar-refractivity contribution in [3.05, 3.63) is 58.1 Å². The van der Waals surface area contributed by atoms with E-state index < -0.39 is 5.91 Å². The van der Waals surface area contributed by atoms with Crippen LogP contribution in [0.4, 0.5) is 11.4 Å². The lowest BCUT2D eigenvalue weighted by atomic mass is 10.1. The summed E-state index contributed by atoms with van der Waals surface area (Å²) in [5.74, 6) is -0.639. The molecule has 3 rings (SSSR count). The van der Waals surface area contributed by atoms with Crippen molar-refractivity contribution in [2.45, 2.75) is 19.8 Å². The van der Waals surface area contributed by atoms with Crippen LogP contribution in [0, 0.1) is 0 Å². The first-order chi connectivity index (χ1) is 13.9. The van der Waals surface area contributed by atoms with Crippen molar-refractivity contribution in [3.63, 3.8) is 0 Å². The smallest absolute Gasteiger partial charge is 0.254 e. The molecule has 0 bridgehead atoms. The van der Waals surface area contributed by atoms with Gasteiger partial charge in [0.1, 0.15) is 6.54 Å². The average Bonchev–Trinajstić information content (AvgIpc) is 3.14. The van der Waals surface area contributed by atoms with Crippen LogP contribution in [0.15, 0.2) is 42.5 Å². The zero-order valence-corrected chi connectivity index (χ0v) is 17.5. The summed E-state index contributed by atoms with van der Waals surface area (Å²) in [7, 11) is 0. The molecule has 1 saturated heterocycles. The van der Waals surface area contributed by atoms with Crippen molar-refractivity contribution in [2.75, 3.05) is 29.9 Å². The van der Waals surface area contributed by atoms with Gasteiger partial charge in [0.15, 0.2) is 0 Å². The summed E-state index contributed by atoms with van der Waals surface area (Å²) in [4.78, 5) is 40.5. The van der Waals surface area contributed by atoms with E-state index >= 15 is 0 Å². The van der Waals surface area contributed by atoms with E-state index in [0.717, 1.165) is 6.42 Å². The number of hydrogen-bond donors (Lipinski definition) is 1. The van der Waals surface area contributed by atoms with Crippen LogP contribution in [0.3, 0.4) is 0 Å². The van der Waals surface area contributed by atoms with Crippen molar-refractivity contribution in [2.24, 2.45) is 0 Å². The fraction of sp³-hybridized carbons (Fsp3) is 0.286. The van der Waals surface area contributed by atoms with Gasteiger partial charge in [0.05, 0.1) is 15.7 Å². The molecule has 0 aromatic heterocycles. The van der Waals surface area contributed by atoms with Gasteiger partial charge in [0.25, 0.3) is 5.91 Å². The maximum absolute atomic E-state index is 12.9. The summed E-state index contributed by atoms with van der Waals surface area (Å²) >= 11 is 12.2. The Bertz CT molecular complexity index is 928. The number of carbonyl (C=O) groups is 3. The monoisotopic (exact) mass is 433 g/mol. The van der Waals surface area contributed by atoms with Gasteiger partial charge in [-0.15, -0.1) is 0 Å². The Labute approximate surface area is 179 Å². The summed E-state index contributed by atoms with van der Waals surface area (Å²) in [6.07, 6.45) is 1.33. The summed E-state index contributed by atoms with van der Waals surface area (Å²) in [6, 6.07) is 11.8. The fourth-order valence-electron chi connectivity index (χ4n) is 3.21. The Hall–Kier alpha value is -2.57. The molecule has 6 nitrogen and oxygen atoms in total. The van der Waals surface area contributed by atoms with E-state index in [-0.39, 0.29) is 18.4 Å². The van der Waals surface area contributed by atoms with Gasteiger partial charge in [-0.2, -0.15) is 0 Å². The molecule has 152 valence electrons. The molecule has 0 spiro atoms. The minimum Gasteiger partial charge on any atom is -0.330 e. The van der Waals surface area contributed by atoms with E-state index in [9.17, 15) is 14.4 Å². The Morgan fingerprint density at radius 2 is 1.83 bits per heavy atom. The second kappa shape index (κ2) is 9.29. The van der Waals surface area contributed by atoms with Gasteiger partial charge in [-0.1, -0.05) is 35.3 Å². The van der Waals surface area contributed by atoms with Crippen LogP contribution in [-0.4, -0.2) is 42.3 Å². The molecule has 0 aliphatic carbocycles. The van der Waals surface area contributed by atoms with Gasteiger partial charge in [-0.25, -0.2) is 0 Å². The fourth-order valence-corrected chi connectivity index (χ4v) is 3.70. The first-order valence-electron chi connectivity index (χ1n) is 9.34. The lowest BCUT2D eigenvalue weighted by Crippen LogP contribution is -2.38. The number of para-hydroxylation sites is 1. The number of nitrogens with zero attached hydrogens (tertiary/aromatic N) is 2. The number of carbonyl (C=O) groups excluding carboxylic acids is 3. The quantitative estimate of drug-likeness (QED) is 0.740. The second-order valence-electron chi connectivity index (χ2n) is 6.66. The first kappa shape index (κ1) is 21.1. The number of rotatable bonds is 6. The van der Waals surface area contributed by atoms with Crippen LogP contribution < -0.4 is 10.2 Å². The molecule has 2 aromatic rings. The van der Waals surface area contributed by atoms with Crippen molar-refractivity contribution in [3.8, 4) is 0 Å². The van der Waals surface area contributed by atoms with Crippen molar-refractivity contribution in [1.82, 2.24) is 4.90 Å². The number of anilines is 2. The Kier molecular flexibility index (Phi) is 6.77. The third-order valence-electron chi connectivity index (χ3n) is 4.71. The zero-order valence-electron chi connectivity index (χ0n) is 16.0. The van der Waals surface area contributed by atoms with E-state index in [2.05, 4.69) is 5.32 Å². The highest BCUT2D eigenvalue weighted by Crippen LogP contribution is 2.29. The third kappa shape index (κ3) is 4.89. The molecule has 2 aromatic carbocycles. The molecule has 1 aliphatic rings. The molecule has 0 radical (unpaired) electrons. The predicted octanol–water partition coefficient (Wildman–Crippen LogP) is 4.22. The molecule has 3 amide bonds. The highest BCUT2D eigenvalue weighted by atomic mass is 35.5. The summed E-state index contributed by atoms with van der Waals surface area (Å²) in [6.45, 7) is 2.63. The van der Waals surface area contributed by atoms with E-state index in [4.69, 9.17) is 23.2 Å². The largest absolute Gasteiger partial charge is 0.330 e. The van der Waals surface area contributed by atoms with Gasteiger partial charge >= 0.3 is 0 Å². The van der Waals surface area contributed by atoms with E-state index in [1.807, 2.05) is 6.07 Å². The van der Waals surface area contributed by atoms with Gasteiger partial charge in [0.2, 0.25) is 11.8 Å². The first-order valence-corrected chi connectivity index (χ1v) is 10.1. The Morgan fingerprint density at radius 1 is 1.14 bits per heavy atom. The number of benzene rings is 2. The minimum atomic E-state index is -0.402. The number of hydrogen-bond acceptors (Lipinski definition) is 3. The second-order valence-corrected chi connectivity index (χ2v) is 7.48. The minimum absolute atomic E-state index is 0.0537. The average molecular weight is 434 g/mol. The molecule has 0 atom stereocenters. The summed E-state index contributed by atoms with van der Waals surface area (Å²) in [5, 5.41) is 3.31. The van der Waals surface area contributed by atoms with Crippen LogP contribution in [0.5, 0.6) is 0 Å². The Morgan fingerprint density at radius 3 is 2.45 bits per heavy atom. The van der Waals surface area contributed by atoms with Gasteiger partial charge in [-0.3, -0.25) is 14.4 Å². The number of likely N-dealkylation sites (N-methyl/N-ethyl adjacent to an activating group) is 1. The predicted molar refractivity (Wildman–Crippen MR) is 115 cm³/mol. The lowest BCUT2D eigenvalue weighted by molar-refractivity contribution is -0.117. The van der Waals surface area contributed by atoms with Crippen LogP contribution in [0.2, 0.25) is 10.0 Å². The maximum Gasteiger partial charge on any atom is 0.254 e. The van der Waals surface area contributed by atoms with E-state index in [0.29, 0.717) is 46.5 Å². The molecular formula is C21H21Cl2N3O3. The van der Waals surface area contributed by atoms with E-state index in [1.165, 1.54) is 4.90 Å². The van der Waals surface area contributed by atoms with Gasteiger partial charge < -0.3 is 15.1 Å². The molecule has 0 saturated carbocycles. The van der Waals surface area contributed by atoms with Crippen molar-refractivity contribution >= 4 is 52.3 Å². The van der Waals surface area contributed by atoms with Crippen LogP contribution in [0.25, 0.3) is 0 Å². The molecule has 0 unspecified atom stereocenters. The van der Waals surface area contributed by atoms with Gasteiger partial charge in [0, 0.05) is 30.8 Å². The Balaban J connectivity index is 1.72. The molecule has 8 heteroatoms. The third-order valence-corrected chi connectivity index (χ3v) is 5.34. The van der Waals surface area contributed by atoms with Crippen molar-refractivity contribution < 1.29 is 14.4 Å². The topological polar surface area (TPSA) is 69.7 Å². The molecule has 1 fully saturated rings. The number of nitrogens with one attached hydrogen (secondary N) is 1. The molecule has 1 N–H and O–H groups in total. The normalized spacial score (nSPS) is 13.5. The number of halogens is 2. The highest BCUT2D eigenvalue weighted by Gasteiger charge is 2.24. The van der Waals surface area contributed by atoms with Crippen molar-refractivity contribution in [1.29, 1.82) is 0 Å². The maximum atomic E-state index is 12.9. The molecule has 1 aliphatic heterocycles. The van der Waals surface area contributed by atoms with Crippen LogP contribution >= 0.6 is 23.2 Å². The van der Waals surface area contributed by atoms with Crippen LogP contribution in [0.1, 0.15) is 30.1 Å². The molecule has 29 heavy (non-hydrogen) atoms. The standard InChI is InChI=1S/C21H21Cl2N3O3/c1-2-25(13-18(27)24-20-16(22)8-4-9-17(20)23)21(29)14-6-3-7-15(12-14)26-11-5-10-19(26)28/h3-4,6-9,12H,2,5,10-11,13H2,1H3,(H,24,27). The van der Waals surface area contributed by atoms with Gasteiger partial charge in [-0.05, 0) is 43.7 Å². The van der Waals surface area contributed by atoms with E-state index in [1.54, 1.807) is 48.2 Å². The summed E-state index contributed by atoms with van der Waals surface area (Å²) < 4.78 is 0. The van der Waals surface area contributed by atoms with Crippen LogP contribution in [-0.2, 0) is 9.59 Å². The lowest BCUT2D eigenvalue weighted by Gasteiger charge is -2.22. The summed E-state index contributed by atoms with van der Waals surface area (Å²) in [5.41, 5.74) is 1.44. The SMILES string of the molecule is CCN(CC(=O)Nc1c(Cl)cccc1Cl)C(=O)c1cccc(N2CCCC2=O)c1. The highest BCUT2D eigenvalue weighted by molar-refractivity contribution is 6.39. The zero-order chi connectivity index (χ0) is 21.0. The molecular weight excluding hydrogens is 413 g/mol. The molecule has 1 heterocycles. The number of amides is 3.